The molecule has 0 amide bonds. The van der Waals surface area contributed by atoms with E-state index in [-0.39, 0.29) is 0 Å². The lowest BCUT2D eigenvalue weighted by Gasteiger charge is -1.94. The van der Waals surface area contributed by atoms with E-state index < -0.39 is 0 Å². The molecule has 0 aliphatic rings. The molecule has 2 nitrogen and oxygen atoms in total. The molecule has 0 spiro atoms. The van der Waals surface area contributed by atoms with Crippen LogP contribution in [0.2, 0.25) is 0 Å². The van der Waals surface area contributed by atoms with E-state index in [4.69, 9.17) is 0 Å². The molecular formula is C15H10N2S3. The Morgan fingerprint density at radius 2 is 2.15 bits per heavy atom. The number of allylic oxidation sites excluding steroid dienone is 1. The van der Waals surface area contributed by atoms with E-state index in [1.165, 1.54) is 16.9 Å². The standard InChI is InChI=1S/C15H10N2S3/c1-10-4-6-19-14(10)7-11(8-16)15-17-12(9-20-15)13-3-2-5-18-13/h2-7,9H,1H3/b11-7-. The monoisotopic (exact) mass is 314 g/mol. The Hall–Kier alpha value is -1.74. The topological polar surface area (TPSA) is 36.7 Å². The Morgan fingerprint density at radius 3 is 2.80 bits per heavy atom. The molecule has 0 aliphatic heterocycles. The van der Waals surface area contributed by atoms with Crippen LogP contribution >= 0.6 is 34.0 Å². The van der Waals surface area contributed by atoms with Gasteiger partial charge in [0.25, 0.3) is 0 Å². The van der Waals surface area contributed by atoms with Crippen molar-refractivity contribution in [2.24, 2.45) is 0 Å². The first kappa shape index (κ1) is 13.3. The van der Waals surface area contributed by atoms with Crippen LogP contribution in [0.25, 0.3) is 22.2 Å². The van der Waals surface area contributed by atoms with Crippen molar-refractivity contribution in [1.82, 2.24) is 4.98 Å². The maximum atomic E-state index is 9.36. The molecular weight excluding hydrogens is 304 g/mol. The average molecular weight is 314 g/mol. The van der Waals surface area contributed by atoms with Crippen molar-refractivity contribution < 1.29 is 0 Å². The summed E-state index contributed by atoms with van der Waals surface area (Å²) in [5.41, 5.74) is 2.77. The predicted molar refractivity (Wildman–Crippen MR) is 88.0 cm³/mol. The average Bonchev–Trinajstić information content (AvgIpc) is 3.17. The maximum absolute atomic E-state index is 9.36. The summed E-state index contributed by atoms with van der Waals surface area (Å²) in [5.74, 6) is 0. The van der Waals surface area contributed by atoms with Crippen LogP contribution < -0.4 is 0 Å². The van der Waals surface area contributed by atoms with E-state index in [0.29, 0.717) is 5.57 Å². The fourth-order valence-corrected chi connectivity index (χ4v) is 4.15. The van der Waals surface area contributed by atoms with Crippen LogP contribution in [0.5, 0.6) is 0 Å². The fraction of sp³-hybridized carbons (Fsp3) is 0.0667. The van der Waals surface area contributed by atoms with Gasteiger partial charge in [-0.25, -0.2) is 4.98 Å². The molecule has 0 fully saturated rings. The third kappa shape index (κ3) is 2.59. The van der Waals surface area contributed by atoms with Gasteiger partial charge in [0.1, 0.15) is 11.1 Å². The minimum Gasteiger partial charge on any atom is -0.234 e. The number of thiophene rings is 2. The number of hydrogen-bond acceptors (Lipinski definition) is 5. The van der Waals surface area contributed by atoms with E-state index in [9.17, 15) is 5.26 Å². The van der Waals surface area contributed by atoms with Crippen molar-refractivity contribution in [3.8, 4) is 16.6 Å². The Morgan fingerprint density at radius 1 is 1.25 bits per heavy atom. The van der Waals surface area contributed by atoms with E-state index in [2.05, 4.69) is 24.0 Å². The van der Waals surface area contributed by atoms with Gasteiger partial charge in [0.05, 0.1) is 16.1 Å². The predicted octanol–water partition coefficient (Wildman–Crippen LogP) is 5.31. The lowest BCUT2D eigenvalue weighted by molar-refractivity contribution is 1.38. The van der Waals surface area contributed by atoms with E-state index in [1.54, 1.807) is 22.7 Å². The van der Waals surface area contributed by atoms with Gasteiger partial charge in [0.2, 0.25) is 0 Å². The first-order valence-corrected chi connectivity index (χ1v) is 8.57. The molecule has 0 saturated heterocycles. The number of nitrogens with zero attached hydrogens (tertiary/aromatic N) is 2. The first-order valence-electron chi connectivity index (χ1n) is 5.93. The lowest BCUT2D eigenvalue weighted by atomic mass is 10.2. The molecule has 20 heavy (non-hydrogen) atoms. The molecule has 0 saturated carbocycles. The summed E-state index contributed by atoms with van der Waals surface area (Å²) in [4.78, 5) is 6.83. The summed E-state index contributed by atoms with van der Waals surface area (Å²) in [6.45, 7) is 2.05. The Balaban J connectivity index is 1.97. The number of hydrogen-bond donors (Lipinski definition) is 0. The molecule has 0 aromatic carbocycles. The van der Waals surface area contributed by atoms with Crippen LogP contribution in [-0.2, 0) is 0 Å². The quantitative estimate of drug-likeness (QED) is 0.615. The van der Waals surface area contributed by atoms with Gasteiger partial charge in [-0.1, -0.05) is 6.07 Å². The molecule has 0 N–H and O–H groups in total. The second-order valence-electron chi connectivity index (χ2n) is 4.15. The second-order valence-corrected chi connectivity index (χ2v) is 6.91. The SMILES string of the molecule is Cc1ccsc1/C=C(/C#N)c1nc(-c2cccs2)cs1. The Kier molecular flexibility index (Phi) is 3.79. The van der Waals surface area contributed by atoms with Gasteiger partial charge in [-0.05, 0) is 41.5 Å². The van der Waals surface area contributed by atoms with Gasteiger partial charge < -0.3 is 0 Å². The van der Waals surface area contributed by atoms with Crippen molar-refractivity contribution in [3.05, 3.63) is 49.8 Å². The highest BCUT2D eigenvalue weighted by molar-refractivity contribution is 7.15. The molecule has 0 bridgehead atoms. The number of aromatic nitrogens is 1. The summed E-state index contributed by atoms with van der Waals surface area (Å²) in [6, 6.07) is 8.37. The molecule has 98 valence electrons. The smallest absolute Gasteiger partial charge is 0.134 e. The summed E-state index contributed by atoms with van der Waals surface area (Å²) in [5, 5.41) is 16.2. The number of thiazole rings is 1. The number of aryl methyl sites for hydroxylation is 1. The maximum Gasteiger partial charge on any atom is 0.134 e. The minimum atomic E-state index is 0.628. The van der Waals surface area contributed by atoms with Crippen molar-refractivity contribution >= 4 is 45.7 Å². The number of rotatable bonds is 3. The van der Waals surface area contributed by atoms with Crippen LogP contribution in [-0.4, -0.2) is 4.98 Å². The van der Waals surface area contributed by atoms with Crippen LogP contribution in [0, 0.1) is 18.3 Å². The summed E-state index contributed by atoms with van der Waals surface area (Å²) in [7, 11) is 0. The summed E-state index contributed by atoms with van der Waals surface area (Å²) >= 11 is 4.82. The van der Waals surface area contributed by atoms with E-state index >= 15 is 0 Å². The zero-order chi connectivity index (χ0) is 13.9. The molecule has 3 aromatic heterocycles. The molecule has 3 rings (SSSR count). The van der Waals surface area contributed by atoms with Crippen LogP contribution in [0.1, 0.15) is 15.4 Å². The molecule has 3 aromatic rings. The third-order valence-electron chi connectivity index (χ3n) is 2.81. The molecule has 0 radical (unpaired) electrons. The third-order valence-corrected chi connectivity index (χ3v) is 5.54. The van der Waals surface area contributed by atoms with Gasteiger partial charge in [-0.2, -0.15) is 5.26 Å². The highest BCUT2D eigenvalue weighted by Crippen LogP contribution is 2.30. The first-order chi connectivity index (χ1) is 9.78. The number of nitriles is 1. The molecule has 0 unspecified atom stereocenters. The van der Waals surface area contributed by atoms with Crippen molar-refractivity contribution in [2.75, 3.05) is 0 Å². The summed E-state index contributed by atoms with van der Waals surface area (Å²) in [6.07, 6.45) is 1.93. The van der Waals surface area contributed by atoms with Crippen molar-refractivity contribution in [3.63, 3.8) is 0 Å². The van der Waals surface area contributed by atoms with Gasteiger partial charge in [-0.3, -0.25) is 0 Å². The minimum absolute atomic E-state index is 0.628. The highest BCUT2D eigenvalue weighted by Gasteiger charge is 2.10. The van der Waals surface area contributed by atoms with Crippen molar-refractivity contribution in [2.45, 2.75) is 6.92 Å². The molecule has 0 atom stereocenters. The van der Waals surface area contributed by atoms with Gasteiger partial charge in [-0.15, -0.1) is 34.0 Å². The largest absolute Gasteiger partial charge is 0.234 e. The summed E-state index contributed by atoms with van der Waals surface area (Å²) < 4.78 is 0. The van der Waals surface area contributed by atoms with Crippen molar-refractivity contribution in [1.29, 1.82) is 5.26 Å². The molecule has 0 aliphatic carbocycles. The second kappa shape index (κ2) is 5.71. The Labute approximate surface area is 129 Å². The fourth-order valence-electron chi connectivity index (χ4n) is 1.74. The zero-order valence-electron chi connectivity index (χ0n) is 10.7. The highest BCUT2D eigenvalue weighted by atomic mass is 32.1. The van der Waals surface area contributed by atoms with Gasteiger partial charge >= 0.3 is 0 Å². The zero-order valence-corrected chi connectivity index (χ0v) is 13.1. The van der Waals surface area contributed by atoms with E-state index in [0.717, 1.165) is 20.5 Å². The van der Waals surface area contributed by atoms with Crippen LogP contribution in [0.15, 0.2) is 34.3 Å². The van der Waals surface area contributed by atoms with Crippen LogP contribution in [0.4, 0.5) is 0 Å². The van der Waals surface area contributed by atoms with Gasteiger partial charge in [0.15, 0.2) is 0 Å². The molecule has 5 heteroatoms. The van der Waals surface area contributed by atoms with E-state index in [1.807, 2.05) is 34.3 Å². The lowest BCUT2D eigenvalue weighted by Crippen LogP contribution is -1.81. The molecule has 3 heterocycles. The van der Waals surface area contributed by atoms with Crippen LogP contribution in [0.3, 0.4) is 0 Å². The normalized spacial score (nSPS) is 11.5. The van der Waals surface area contributed by atoms with Gasteiger partial charge in [0, 0.05) is 10.3 Å². The Bertz CT molecular complexity index is 785.